The first kappa shape index (κ1) is 22.7. The predicted octanol–water partition coefficient (Wildman–Crippen LogP) is 3.48. The van der Waals surface area contributed by atoms with E-state index < -0.39 is 35.5 Å². The number of alkyl carbamates (subject to hydrolysis) is 1. The van der Waals surface area contributed by atoms with Crippen LogP contribution < -0.4 is 10.6 Å². The minimum absolute atomic E-state index is 0.0394. The van der Waals surface area contributed by atoms with E-state index in [9.17, 15) is 19.5 Å². The van der Waals surface area contributed by atoms with Crippen molar-refractivity contribution in [2.75, 3.05) is 0 Å². The van der Waals surface area contributed by atoms with Crippen molar-refractivity contribution in [2.45, 2.75) is 71.6 Å². The highest BCUT2D eigenvalue weighted by molar-refractivity contribution is 5.89. The lowest BCUT2D eigenvalue weighted by Gasteiger charge is -2.33. The number of benzene rings is 1. The van der Waals surface area contributed by atoms with Crippen molar-refractivity contribution < 1.29 is 24.2 Å². The Balaban J connectivity index is 2.06. The van der Waals surface area contributed by atoms with Crippen LogP contribution in [-0.2, 0) is 20.9 Å². The van der Waals surface area contributed by atoms with E-state index in [4.69, 9.17) is 4.74 Å². The predicted molar refractivity (Wildman–Crippen MR) is 109 cm³/mol. The van der Waals surface area contributed by atoms with Crippen molar-refractivity contribution in [3.8, 4) is 0 Å². The molecule has 1 fully saturated rings. The van der Waals surface area contributed by atoms with Crippen molar-refractivity contribution in [1.82, 2.24) is 10.6 Å². The van der Waals surface area contributed by atoms with Crippen molar-refractivity contribution in [3.63, 3.8) is 0 Å². The molecule has 1 saturated carbocycles. The van der Waals surface area contributed by atoms with Gasteiger partial charge in [0.15, 0.2) is 0 Å². The Morgan fingerprint density at radius 3 is 2.24 bits per heavy atom. The summed E-state index contributed by atoms with van der Waals surface area (Å²) >= 11 is 0. The topological polar surface area (TPSA) is 105 Å². The average Bonchev–Trinajstić information content (AvgIpc) is 2.68. The quantitative estimate of drug-likeness (QED) is 0.645. The molecule has 7 nitrogen and oxygen atoms in total. The number of carboxylic acids is 1. The molecule has 160 valence electrons. The number of aliphatic carboxylic acids is 1. The fourth-order valence-corrected chi connectivity index (χ4v) is 3.64. The van der Waals surface area contributed by atoms with Crippen LogP contribution in [0.15, 0.2) is 30.3 Å². The highest BCUT2D eigenvalue weighted by Gasteiger charge is 2.37. The molecule has 0 spiro atoms. The van der Waals surface area contributed by atoms with Crippen LogP contribution in [0.4, 0.5) is 4.79 Å². The van der Waals surface area contributed by atoms with E-state index in [2.05, 4.69) is 10.6 Å². The molecular formula is C22H32N2O5. The minimum atomic E-state index is -1.10. The van der Waals surface area contributed by atoms with Crippen LogP contribution in [-0.4, -0.2) is 35.2 Å². The molecule has 2 unspecified atom stereocenters. The van der Waals surface area contributed by atoms with E-state index in [0.29, 0.717) is 0 Å². The highest BCUT2D eigenvalue weighted by Crippen LogP contribution is 2.27. The van der Waals surface area contributed by atoms with Crippen LogP contribution in [0.1, 0.15) is 58.4 Å². The van der Waals surface area contributed by atoms with E-state index in [-0.39, 0.29) is 12.5 Å². The van der Waals surface area contributed by atoms with Gasteiger partial charge < -0.3 is 20.5 Å². The molecule has 7 heteroatoms. The van der Waals surface area contributed by atoms with E-state index in [1.165, 1.54) is 0 Å². The lowest BCUT2D eigenvalue weighted by Crippen LogP contribution is -2.57. The maximum Gasteiger partial charge on any atom is 0.408 e. The Kier molecular flexibility index (Phi) is 8.05. The maximum atomic E-state index is 13.0. The minimum Gasteiger partial charge on any atom is -0.480 e. The zero-order valence-corrected chi connectivity index (χ0v) is 17.4. The van der Waals surface area contributed by atoms with Gasteiger partial charge in [-0.25, -0.2) is 9.59 Å². The fourth-order valence-electron chi connectivity index (χ4n) is 3.64. The highest BCUT2D eigenvalue weighted by atomic mass is 16.5. The summed E-state index contributed by atoms with van der Waals surface area (Å²) in [6.07, 6.45) is 4.01. The van der Waals surface area contributed by atoms with Gasteiger partial charge in [0.2, 0.25) is 5.91 Å². The summed E-state index contributed by atoms with van der Waals surface area (Å²) in [5, 5.41) is 14.8. The van der Waals surface area contributed by atoms with Crippen molar-refractivity contribution in [1.29, 1.82) is 0 Å². The second-order valence-corrected chi connectivity index (χ2v) is 8.73. The standard InChI is InChI=1S/C22H32N2O5/c1-22(2,3)18(20(26)27)24-19(25)17(16-12-8-5-9-13-16)23-21(28)29-14-15-10-6-4-7-11-15/h4,6-7,10-11,16-18H,5,8-9,12-14H2,1-3H3,(H,23,28)(H,24,25)(H,26,27). The molecule has 1 aromatic carbocycles. The molecule has 0 bridgehead atoms. The van der Waals surface area contributed by atoms with E-state index in [1.54, 1.807) is 20.8 Å². The SMILES string of the molecule is CC(C)(C)C(NC(=O)C(NC(=O)OCc1ccccc1)C1CCCCC1)C(=O)O. The Morgan fingerprint density at radius 1 is 1.07 bits per heavy atom. The lowest BCUT2D eigenvalue weighted by atomic mass is 9.82. The third kappa shape index (κ3) is 7.07. The zero-order valence-electron chi connectivity index (χ0n) is 17.4. The van der Waals surface area contributed by atoms with Crippen LogP contribution in [0.25, 0.3) is 0 Å². The number of amides is 2. The normalized spacial score (nSPS) is 17.1. The first-order chi connectivity index (χ1) is 13.7. The van der Waals surface area contributed by atoms with Gasteiger partial charge in [-0.1, -0.05) is 70.4 Å². The molecule has 0 heterocycles. The largest absolute Gasteiger partial charge is 0.480 e. The van der Waals surface area contributed by atoms with Crippen LogP contribution in [0.3, 0.4) is 0 Å². The van der Waals surface area contributed by atoms with Crippen LogP contribution in [0, 0.1) is 11.3 Å². The molecule has 29 heavy (non-hydrogen) atoms. The van der Waals surface area contributed by atoms with Gasteiger partial charge in [0, 0.05) is 0 Å². The van der Waals surface area contributed by atoms with Gasteiger partial charge >= 0.3 is 12.1 Å². The second-order valence-electron chi connectivity index (χ2n) is 8.73. The molecule has 0 aromatic heterocycles. The molecule has 3 N–H and O–H groups in total. The Morgan fingerprint density at radius 2 is 1.69 bits per heavy atom. The van der Waals surface area contributed by atoms with Gasteiger partial charge in [-0.05, 0) is 29.7 Å². The van der Waals surface area contributed by atoms with Crippen LogP contribution in [0.5, 0.6) is 0 Å². The lowest BCUT2D eigenvalue weighted by molar-refractivity contribution is -0.145. The third-order valence-corrected chi connectivity index (χ3v) is 5.29. The summed E-state index contributed by atoms with van der Waals surface area (Å²) in [5.74, 6) is -1.61. The molecule has 1 aliphatic carbocycles. The zero-order chi connectivity index (χ0) is 21.4. The molecule has 2 amide bonds. The van der Waals surface area contributed by atoms with Gasteiger partial charge in [-0.3, -0.25) is 4.79 Å². The summed E-state index contributed by atoms with van der Waals surface area (Å²) in [6.45, 7) is 5.36. The maximum absolute atomic E-state index is 13.0. The Hall–Kier alpha value is -2.57. The number of nitrogens with one attached hydrogen (secondary N) is 2. The van der Waals surface area contributed by atoms with Crippen LogP contribution in [0.2, 0.25) is 0 Å². The third-order valence-electron chi connectivity index (χ3n) is 5.29. The number of carbonyl (C=O) groups is 3. The first-order valence-electron chi connectivity index (χ1n) is 10.2. The Bertz CT molecular complexity index is 693. The average molecular weight is 405 g/mol. The molecule has 2 rings (SSSR count). The van der Waals surface area contributed by atoms with Gasteiger partial charge in [0.05, 0.1) is 0 Å². The van der Waals surface area contributed by atoms with E-state index in [1.807, 2.05) is 30.3 Å². The van der Waals surface area contributed by atoms with Gasteiger partial charge in [-0.2, -0.15) is 0 Å². The summed E-state index contributed by atoms with van der Waals surface area (Å²) in [5.41, 5.74) is 0.187. The van der Waals surface area contributed by atoms with Crippen molar-refractivity contribution >= 4 is 18.0 Å². The van der Waals surface area contributed by atoms with Gasteiger partial charge in [0.1, 0.15) is 18.7 Å². The van der Waals surface area contributed by atoms with Crippen LogP contribution >= 0.6 is 0 Å². The second kappa shape index (κ2) is 10.3. The molecule has 0 saturated heterocycles. The van der Waals surface area contributed by atoms with Crippen molar-refractivity contribution in [3.05, 3.63) is 35.9 Å². The number of carboxylic acid groups (broad SMARTS) is 1. The molecule has 2 atom stereocenters. The molecule has 1 aromatic rings. The number of rotatable bonds is 7. The number of hydrogen-bond donors (Lipinski definition) is 3. The summed E-state index contributed by atoms with van der Waals surface area (Å²) < 4.78 is 5.27. The molecule has 0 aliphatic heterocycles. The molecular weight excluding hydrogens is 372 g/mol. The van der Waals surface area contributed by atoms with Gasteiger partial charge in [0.25, 0.3) is 0 Å². The van der Waals surface area contributed by atoms with E-state index >= 15 is 0 Å². The summed E-state index contributed by atoms with van der Waals surface area (Å²) in [7, 11) is 0. The fraction of sp³-hybridized carbons (Fsp3) is 0.591. The van der Waals surface area contributed by atoms with E-state index in [0.717, 1.165) is 37.7 Å². The Labute approximate surface area is 172 Å². The summed E-state index contributed by atoms with van der Waals surface area (Å²) in [4.78, 5) is 37.0. The molecule has 1 aliphatic rings. The smallest absolute Gasteiger partial charge is 0.408 e. The number of ether oxygens (including phenoxy) is 1. The monoisotopic (exact) mass is 404 g/mol. The summed E-state index contributed by atoms with van der Waals surface area (Å²) in [6, 6.07) is 7.41. The van der Waals surface area contributed by atoms with Gasteiger partial charge in [-0.15, -0.1) is 0 Å². The first-order valence-corrected chi connectivity index (χ1v) is 10.2. The van der Waals surface area contributed by atoms with Crippen molar-refractivity contribution in [2.24, 2.45) is 11.3 Å². The molecule has 0 radical (unpaired) electrons. The number of carbonyl (C=O) groups excluding carboxylic acids is 2. The number of hydrogen-bond acceptors (Lipinski definition) is 4.